The number of benzene rings is 2. The minimum atomic E-state index is -0.664. The van der Waals surface area contributed by atoms with Crippen LogP contribution in [0.2, 0.25) is 0 Å². The molecule has 0 fully saturated rings. The van der Waals surface area contributed by atoms with Gasteiger partial charge >= 0.3 is 0 Å². The molecule has 0 heterocycles. The Morgan fingerprint density at radius 2 is 1.82 bits per heavy atom. The van der Waals surface area contributed by atoms with Crippen molar-refractivity contribution in [2.45, 2.75) is 26.4 Å². The van der Waals surface area contributed by atoms with E-state index in [-0.39, 0.29) is 6.54 Å². The normalized spacial score (nSPS) is 12.4. The Hall–Kier alpha value is -2.73. The molecule has 0 saturated heterocycles. The molecule has 0 aliphatic rings. The maximum Gasteiger partial charge on any atom is 0.191 e. The number of ether oxygens (including phenoxy) is 2. The number of nitrogens with zero attached hydrogens (tertiary/aromatic N) is 1. The van der Waals surface area contributed by atoms with Gasteiger partial charge in [-0.2, -0.15) is 0 Å². The first kappa shape index (κ1) is 21.6. The van der Waals surface area contributed by atoms with Gasteiger partial charge in [-0.15, -0.1) is 0 Å². The lowest BCUT2D eigenvalue weighted by Gasteiger charge is -2.14. The van der Waals surface area contributed by atoms with Gasteiger partial charge in [-0.3, -0.25) is 4.99 Å². The second-order valence-corrected chi connectivity index (χ2v) is 6.49. The van der Waals surface area contributed by atoms with E-state index in [1.165, 1.54) is 5.56 Å². The molecule has 2 rings (SSSR count). The molecular formula is C22H31N3O3. The number of rotatable bonds is 9. The lowest BCUT2D eigenvalue weighted by Crippen LogP contribution is -2.38. The number of aliphatic hydroxyl groups is 1. The largest absolute Gasteiger partial charge is 0.497 e. The van der Waals surface area contributed by atoms with Crippen LogP contribution in [-0.4, -0.2) is 44.9 Å². The van der Waals surface area contributed by atoms with E-state index < -0.39 is 6.10 Å². The molecule has 1 unspecified atom stereocenters. The second kappa shape index (κ2) is 11.2. The molecule has 6 nitrogen and oxygen atoms in total. The summed E-state index contributed by atoms with van der Waals surface area (Å²) in [5, 5.41) is 16.9. The highest BCUT2D eigenvalue weighted by Crippen LogP contribution is 2.19. The van der Waals surface area contributed by atoms with E-state index in [2.05, 4.69) is 33.8 Å². The Kier molecular flexibility index (Phi) is 8.62. The highest BCUT2D eigenvalue weighted by Gasteiger charge is 2.08. The molecule has 0 aliphatic carbocycles. The van der Waals surface area contributed by atoms with Crippen molar-refractivity contribution in [1.29, 1.82) is 0 Å². The molecule has 0 spiro atoms. The van der Waals surface area contributed by atoms with E-state index in [4.69, 9.17) is 9.47 Å². The number of guanidine groups is 1. The van der Waals surface area contributed by atoms with Gasteiger partial charge in [-0.25, -0.2) is 0 Å². The molecule has 152 valence electrons. The number of hydrogen-bond donors (Lipinski definition) is 3. The predicted octanol–water partition coefficient (Wildman–Crippen LogP) is 2.84. The fraction of sp³-hybridized carbons (Fsp3) is 0.409. The number of aliphatic hydroxyl groups excluding tert-OH is 1. The lowest BCUT2D eigenvalue weighted by molar-refractivity contribution is 0.187. The van der Waals surface area contributed by atoms with Gasteiger partial charge in [0, 0.05) is 13.1 Å². The van der Waals surface area contributed by atoms with E-state index in [9.17, 15) is 5.11 Å². The molecule has 1 atom stereocenters. The van der Waals surface area contributed by atoms with E-state index in [0.29, 0.717) is 5.96 Å². The molecule has 2 aromatic carbocycles. The maximum atomic E-state index is 10.4. The van der Waals surface area contributed by atoms with Crippen molar-refractivity contribution in [3.05, 3.63) is 59.2 Å². The summed E-state index contributed by atoms with van der Waals surface area (Å²) in [4.78, 5) is 4.50. The summed E-state index contributed by atoms with van der Waals surface area (Å²) in [6.07, 6.45) is 0.185. The third-order valence-electron chi connectivity index (χ3n) is 4.45. The number of nitrogens with one attached hydrogen (secondary N) is 2. The lowest BCUT2D eigenvalue weighted by atomic mass is 10.1. The Morgan fingerprint density at radius 1 is 1.07 bits per heavy atom. The van der Waals surface area contributed by atoms with Gasteiger partial charge in [0.15, 0.2) is 5.96 Å². The fourth-order valence-electron chi connectivity index (χ4n) is 2.80. The van der Waals surface area contributed by atoms with Crippen LogP contribution in [0.4, 0.5) is 0 Å². The Balaban J connectivity index is 1.90. The van der Waals surface area contributed by atoms with Crippen LogP contribution in [0.3, 0.4) is 0 Å². The molecule has 0 bridgehead atoms. The molecule has 0 amide bonds. The minimum Gasteiger partial charge on any atom is -0.497 e. The standard InChI is InChI=1S/C22H31N3O3/c1-5-23-22(24-13-12-17-7-6-16(2)21(14-17)28-4)25-15-20(26)18-8-10-19(27-3)11-9-18/h6-11,14,20,26H,5,12-13,15H2,1-4H3,(H2,23,24,25). The van der Waals surface area contributed by atoms with Crippen molar-refractivity contribution >= 4 is 5.96 Å². The highest BCUT2D eigenvalue weighted by atomic mass is 16.5. The summed E-state index contributed by atoms with van der Waals surface area (Å²) >= 11 is 0. The van der Waals surface area contributed by atoms with Gasteiger partial charge in [-0.1, -0.05) is 24.3 Å². The van der Waals surface area contributed by atoms with Crippen LogP contribution in [0, 0.1) is 6.92 Å². The summed E-state index contributed by atoms with van der Waals surface area (Å²) in [6.45, 7) is 5.81. The Labute approximate surface area is 167 Å². The third kappa shape index (κ3) is 6.46. The molecule has 0 saturated carbocycles. The topological polar surface area (TPSA) is 75.1 Å². The van der Waals surface area contributed by atoms with Gasteiger partial charge < -0.3 is 25.2 Å². The summed E-state index contributed by atoms with van der Waals surface area (Å²) < 4.78 is 10.5. The van der Waals surface area contributed by atoms with Gasteiger partial charge in [0.1, 0.15) is 11.5 Å². The molecule has 0 radical (unpaired) electrons. The molecule has 28 heavy (non-hydrogen) atoms. The van der Waals surface area contributed by atoms with Crippen LogP contribution < -0.4 is 20.1 Å². The third-order valence-corrected chi connectivity index (χ3v) is 4.45. The van der Waals surface area contributed by atoms with Gasteiger partial charge in [-0.05, 0) is 55.2 Å². The SMILES string of the molecule is CCNC(=NCC(O)c1ccc(OC)cc1)NCCc1ccc(C)c(OC)c1. The number of aliphatic imine (C=N–C) groups is 1. The zero-order valence-corrected chi connectivity index (χ0v) is 17.2. The summed E-state index contributed by atoms with van der Waals surface area (Å²) in [7, 11) is 3.31. The Bertz CT molecular complexity index is 760. The molecule has 2 aromatic rings. The predicted molar refractivity (Wildman–Crippen MR) is 113 cm³/mol. The maximum absolute atomic E-state index is 10.4. The smallest absolute Gasteiger partial charge is 0.191 e. The summed E-state index contributed by atoms with van der Waals surface area (Å²) in [6, 6.07) is 13.6. The molecule has 0 aliphatic heterocycles. The molecule has 3 N–H and O–H groups in total. The fourth-order valence-corrected chi connectivity index (χ4v) is 2.80. The minimum absolute atomic E-state index is 0.278. The average Bonchev–Trinajstić information content (AvgIpc) is 2.73. The van der Waals surface area contributed by atoms with E-state index in [0.717, 1.165) is 42.1 Å². The summed E-state index contributed by atoms with van der Waals surface area (Å²) in [5.74, 6) is 2.36. The number of aryl methyl sites for hydroxylation is 1. The van der Waals surface area contributed by atoms with Gasteiger partial charge in [0.2, 0.25) is 0 Å². The van der Waals surface area contributed by atoms with Crippen LogP contribution in [0.25, 0.3) is 0 Å². The van der Waals surface area contributed by atoms with E-state index >= 15 is 0 Å². The number of hydrogen-bond acceptors (Lipinski definition) is 4. The van der Waals surface area contributed by atoms with Crippen molar-refractivity contribution in [1.82, 2.24) is 10.6 Å². The van der Waals surface area contributed by atoms with Crippen LogP contribution in [0.1, 0.15) is 29.7 Å². The first-order valence-corrected chi connectivity index (χ1v) is 9.55. The first-order valence-electron chi connectivity index (χ1n) is 9.55. The van der Waals surface area contributed by atoms with Crippen molar-refractivity contribution < 1.29 is 14.6 Å². The second-order valence-electron chi connectivity index (χ2n) is 6.49. The Morgan fingerprint density at radius 3 is 2.46 bits per heavy atom. The van der Waals surface area contributed by atoms with Crippen molar-refractivity contribution in [2.75, 3.05) is 33.9 Å². The molecule has 0 aromatic heterocycles. The summed E-state index contributed by atoms with van der Waals surface area (Å²) in [5.41, 5.74) is 3.14. The molecular weight excluding hydrogens is 354 g/mol. The zero-order chi connectivity index (χ0) is 20.4. The number of methoxy groups -OCH3 is 2. The van der Waals surface area contributed by atoms with Gasteiger partial charge in [0.25, 0.3) is 0 Å². The van der Waals surface area contributed by atoms with Crippen LogP contribution in [0.5, 0.6) is 11.5 Å². The zero-order valence-electron chi connectivity index (χ0n) is 17.2. The van der Waals surface area contributed by atoms with Crippen molar-refractivity contribution in [3.63, 3.8) is 0 Å². The quantitative estimate of drug-likeness (QED) is 0.457. The monoisotopic (exact) mass is 385 g/mol. The van der Waals surface area contributed by atoms with Crippen LogP contribution in [0.15, 0.2) is 47.5 Å². The molecule has 6 heteroatoms. The average molecular weight is 386 g/mol. The van der Waals surface area contributed by atoms with Crippen LogP contribution >= 0.6 is 0 Å². The van der Waals surface area contributed by atoms with Crippen molar-refractivity contribution in [2.24, 2.45) is 4.99 Å². The highest BCUT2D eigenvalue weighted by molar-refractivity contribution is 5.79. The van der Waals surface area contributed by atoms with E-state index in [1.807, 2.05) is 38.1 Å². The van der Waals surface area contributed by atoms with Crippen LogP contribution in [-0.2, 0) is 6.42 Å². The van der Waals surface area contributed by atoms with Gasteiger partial charge in [0.05, 0.1) is 26.9 Å². The first-order chi connectivity index (χ1) is 13.6. The van der Waals surface area contributed by atoms with Crippen molar-refractivity contribution in [3.8, 4) is 11.5 Å². The van der Waals surface area contributed by atoms with E-state index in [1.54, 1.807) is 14.2 Å².